The van der Waals surface area contributed by atoms with Gasteiger partial charge in [-0.2, -0.15) is 0 Å². The van der Waals surface area contributed by atoms with Gasteiger partial charge in [-0.15, -0.1) is 0 Å². The Hall–Kier alpha value is -2.09. The van der Waals surface area contributed by atoms with Crippen LogP contribution in [-0.2, 0) is 7.05 Å². The molecular weight excluding hydrogens is 208 g/mol. The molecule has 3 rings (SSSR count). The summed E-state index contributed by atoms with van der Waals surface area (Å²) >= 11 is 0. The number of hydrogen-bond acceptors (Lipinski definition) is 1. The molecule has 0 N–H and O–H groups in total. The van der Waals surface area contributed by atoms with Crippen LogP contribution in [0.5, 0.6) is 0 Å². The normalized spacial score (nSPS) is 15.5. The summed E-state index contributed by atoms with van der Waals surface area (Å²) in [5.74, 6) is 0. The van der Waals surface area contributed by atoms with E-state index < -0.39 is 0 Å². The Morgan fingerprint density at radius 1 is 1.24 bits per heavy atom. The number of aromatic nitrogens is 1. The maximum atomic E-state index is 4.45. The van der Waals surface area contributed by atoms with Crippen LogP contribution in [0.2, 0.25) is 0 Å². The van der Waals surface area contributed by atoms with E-state index in [-0.39, 0.29) is 0 Å². The van der Waals surface area contributed by atoms with Gasteiger partial charge in [-0.1, -0.05) is 12.1 Å². The van der Waals surface area contributed by atoms with Crippen LogP contribution in [0.4, 0.5) is 5.69 Å². The van der Waals surface area contributed by atoms with Gasteiger partial charge in [-0.05, 0) is 36.8 Å². The second-order valence-electron chi connectivity index (χ2n) is 4.42. The number of rotatable bonds is 1. The molecule has 1 aromatic carbocycles. The van der Waals surface area contributed by atoms with Crippen molar-refractivity contribution in [3.63, 3.8) is 0 Å². The maximum Gasteiger partial charge on any atom is 0.0711 e. The average molecular weight is 222 g/mol. The van der Waals surface area contributed by atoms with Crippen LogP contribution in [0, 0.1) is 6.92 Å². The van der Waals surface area contributed by atoms with Crippen LogP contribution in [0.15, 0.2) is 41.5 Å². The molecule has 2 aromatic rings. The molecule has 0 unspecified atom stereocenters. The van der Waals surface area contributed by atoms with Crippen molar-refractivity contribution >= 4 is 23.6 Å². The van der Waals surface area contributed by atoms with Gasteiger partial charge in [0, 0.05) is 36.3 Å². The standard InChI is InChI=1S/C15H14N2/c1-11-5-6-14-12(10-16-15(14)8-11)9-13-4-3-7-17(13)2/h3-10H,1-2H3. The lowest BCUT2D eigenvalue weighted by molar-refractivity contribution is 0.915. The molecule has 0 saturated heterocycles. The highest BCUT2D eigenvalue weighted by Gasteiger charge is 2.12. The zero-order valence-corrected chi connectivity index (χ0v) is 10.0. The first-order valence-electron chi connectivity index (χ1n) is 5.72. The summed E-state index contributed by atoms with van der Waals surface area (Å²) in [6.07, 6.45) is 6.16. The minimum absolute atomic E-state index is 1.07. The summed E-state index contributed by atoms with van der Waals surface area (Å²) in [5, 5.41) is 0. The topological polar surface area (TPSA) is 17.3 Å². The summed E-state index contributed by atoms with van der Waals surface area (Å²) < 4.78 is 2.10. The van der Waals surface area contributed by atoms with Gasteiger partial charge < -0.3 is 4.57 Å². The predicted octanol–water partition coefficient (Wildman–Crippen LogP) is 3.59. The number of fused-ring (bicyclic) bond motifs is 1. The highest BCUT2D eigenvalue weighted by atomic mass is 14.9. The molecule has 1 aliphatic heterocycles. The van der Waals surface area contributed by atoms with Gasteiger partial charge in [-0.25, -0.2) is 0 Å². The third kappa shape index (κ3) is 1.72. The van der Waals surface area contributed by atoms with Crippen molar-refractivity contribution in [2.75, 3.05) is 0 Å². The number of allylic oxidation sites excluding steroid dienone is 1. The smallest absolute Gasteiger partial charge is 0.0711 e. The lowest BCUT2D eigenvalue weighted by Gasteiger charge is -2.02. The van der Waals surface area contributed by atoms with Gasteiger partial charge in [0.2, 0.25) is 0 Å². The van der Waals surface area contributed by atoms with E-state index in [1.807, 2.05) is 6.21 Å². The molecule has 2 heteroatoms. The van der Waals surface area contributed by atoms with Gasteiger partial charge in [0.25, 0.3) is 0 Å². The molecule has 0 spiro atoms. The summed E-state index contributed by atoms with van der Waals surface area (Å²) in [5.41, 5.74) is 5.92. The third-order valence-electron chi connectivity index (χ3n) is 3.09. The first-order valence-corrected chi connectivity index (χ1v) is 5.72. The van der Waals surface area contributed by atoms with Crippen molar-refractivity contribution in [1.29, 1.82) is 0 Å². The second kappa shape index (κ2) is 3.74. The fourth-order valence-electron chi connectivity index (χ4n) is 2.10. The molecule has 2 heterocycles. The lowest BCUT2D eigenvalue weighted by atomic mass is 10.0. The molecule has 2 nitrogen and oxygen atoms in total. The van der Waals surface area contributed by atoms with Crippen LogP contribution >= 0.6 is 0 Å². The van der Waals surface area contributed by atoms with Gasteiger partial charge >= 0.3 is 0 Å². The number of nitrogens with zero attached hydrogens (tertiary/aromatic N) is 2. The Morgan fingerprint density at radius 2 is 2.12 bits per heavy atom. The molecule has 0 atom stereocenters. The molecule has 0 aliphatic carbocycles. The van der Waals surface area contributed by atoms with Crippen molar-refractivity contribution < 1.29 is 0 Å². The van der Waals surface area contributed by atoms with Crippen LogP contribution in [-0.4, -0.2) is 10.8 Å². The summed E-state index contributed by atoms with van der Waals surface area (Å²) in [6.45, 7) is 2.09. The molecular formula is C15H14N2. The fraction of sp³-hybridized carbons (Fsp3) is 0.133. The average Bonchev–Trinajstić information content (AvgIpc) is 2.87. The predicted molar refractivity (Wildman–Crippen MR) is 72.6 cm³/mol. The fourth-order valence-corrected chi connectivity index (χ4v) is 2.10. The zero-order valence-electron chi connectivity index (χ0n) is 10.0. The van der Waals surface area contributed by atoms with Gasteiger partial charge in [0.15, 0.2) is 0 Å². The molecule has 84 valence electrons. The number of benzene rings is 1. The first-order chi connectivity index (χ1) is 8.24. The van der Waals surface area contributed by atoms with E-state index >= 15 is 0 Å². The van der Waals surface area contributed by atoms with Crippen LogP contribution in [0.1, 0.15) is 16.8 Å². The molecule has 1 aliphatic rings. The highest BCUT2D eigenvalue weighted by Crippen LogP contribution is 2.33. The molecule has 0 saturated carbocycles. The Bertz CT molecular complexity index is 630. The van der Waals surface area contributed by atoms with Crippen molar-refractivity contribution in [2.45, 2.75) is 6.92 Å². The summed E-state index contributed by atoms with van der Waals surface area (Å²) in [6, 6.07) is 10.6. The second-order valence-corrected chi connectivity index (χ2v) is 4.42. The van der Waals surface area contributed by atoms with Crippen molar-refractivity contribution in [3.05, 3.63) is 53.3 Å². The third-order valence-corrected chi connectivity index (χ3v) is 3.09. The Morgan fingerprint density at radius 3 is 2.88 bits per heavy atom. The van der Waals surface area contributed by atoms with E-state index in [1.54, 1.807) is 0 Å². The number of aliphatic imine (C=N–C) groups is 1. The van der Waals surface area contributed by atoms with Crippen LogP contribution in [0.25, 0.3) is 11.6 Å². The Kier molecular flexibility index (Phi) is 2.22. The molecule has 0 amide bonds. The van der Waals surface area contributed by atoms with E-state index in [9.17, 15) is 0 Å². The van der Waals surface area contributed by atoms with Gasteiger partial charge in [0.1, 0.15) is 0 Å². The van der Waals surface area contributed by atoms with Crippen LogP contribution < -0.4 is 0 Å². The van der Waals surface area contributed by atoms with E-state index in [2.05, 4.69) is 66.1 Å². The van der Waals surface area contributed by atoms with Gasteiger partial charge in [-0.3, -0.25) is 4.99 Å². The molecule has 0 bridgehead atoms. The summed E-state index contributed by atoms with van der Waals surface area (Å²) in [7, 11) is 2.05. The molecule has 0 radical (unpaired) electrons. The first kappa shape index (κ1) is 10.1. The molecule has 1 aromatic heterocycles. The molecule has 0 fully saturated rings. The SMILES string of the molecule is Cc1ccc2c(c1)N=CC2=Cc1cccn1C. The van der Waals surface area contributed by atoms with Crippen LogP contribution in [0.3, 0.4) is 0 Å². The van der Waals surface area contributed by atoms with Crippen molar-refractivity contribution in [1.82, 2.24) is 4.57 Å². The van der Waals surface area contributed by atoms with Gasteiger partial charge in [0.05, 0.1) is 5.69 Å². The Labute approximate surface area is 101 Å². The number of aryl methyl sites for hydroxylation is 2. The lowest BCUT2D eigenvalue weighted by Crippen LogP contribution is -1.89. The van der Waals surface area contributed by atoms with E-state index in [1.165, 1.54) is 22.4 Å². The number of hydrogen-bond donors (Lipinski definition) is 0. The minimum Gasteiger partial charge on any atom is -0.351 e. The molecule has 17 heavy (non-hydrogen) atoms. The zero-order chi connectivity index (χ0) is 11.8. The van der Waals surface area contributed by atoms with E-state index in [0.29, 0.717) is 0 Å². The summed E-state index contributed by atoms with van der Waals surface area (Å²) in [4.78, 5) is 4.45. The minimum atomic E-state index is 1.07. The van der Waals surface area contributed by atoms with E-state index in [0.717, 1.165) is 5.69 Å². The van der Waals surface area contributed by atoms with Crippen molar-refractivity contribution in [2.24, 2.45) is 12.0 Å². The monoisotopic (exact) mass is 222 g/mol. The maximum absolute atomic E-state index is 4.45. The van der Waals surface area contributed by atoms with Crippen molar-refractivity contribution in [3.8, 4) is 0 Å². The van der Waals surface area contributed by atoms with E-state index in [4.69, 9.17) is 0 Å². The highest BCUT2D eigenvalue weighted by molar-refractivity contribution is 6.21. The Balaban J connectivity index is 2.08. The quantitative estimate of drug-likeness (QED) is 0.701. The largest absolute Gasteiger partial charge is 0.351 e.